The summed E-state index contributed by atoms with van der Waals surface area (Å²) in [6.07, 6.45) is 6.21. The van der Waals surface area contributed by atoms with Gasteiger partial charge in [-0.05, 0) is 31.4 Å². The normalized spacial score (nSPS) is 25.6. The first-order chi connectivity index (χ1) is 7.72. The highest BCUT2D eigenvalue weighted by Crippen LogP contribution is 2.31. The van der Waals surface area contributed by atoms with Crippen molar-refractivity contribution in [2.75, 3.05) is 6.54 Å². The van der Waals surface area contributed by atoms with Crippen molar-refractivity contribution in [1.82, 2.24) is 9.78 Å². The van der Waals surface area contributed by atoms with E-state index >= 15 is 0 Å². The molecule has 0 spiro atoms. The molecule has 0 saturated heterocycles. The van der Waals surface area contributed by atoms with E-state index in [-0.39, 0.29) is 11.7 Å². The van der Waals surface area contributed by atoms with Gasteiger partial charge >= 0.3 is 0 Å². The Bertz CT molecular complexity index is 372. The second-order valence-electron chi connectivity index (χ2n) is 4.63. The van der Waals surface area contributed by atoms with E-state index in [2.05, 4.69) is 5.10 Å². The monoisotopic (exact) mass is 221 g/mol. The van der Waals surface area contributed by atoms with Gasteiger partial charge in [-0.15, -0.1) is 0 Å². The first kappa shape index (κ1) is 11.3. The molecule has 1 aliphatic carbocycles. The van der Waals surface area contributed by atoms with Gasteiger partial charge in [-0.1, -0.05) is 12.8 Å². The number of rotatable bonds is 3. The minimum absolute atomic E-state index is 0.0913. The van der Waals surface area contributed by atoms with E-state index in [1.165, 1.54) is 6.42 Å². The first-order valence-corrected chi connectivity index (χ1v) is 5.96. The van der Waals surface area contributed by atoms with Gasteiger partial charge in [0.2, 0.25) is 0 Å². The lowest BCUT2D eigenvalue weighted by molar-refractivity contribution is 0.0823. The Morgan fingerprint density at radius 1 is 1.56 bits per heavy atom. The summed E-state index contributed by atoms with van der Waals surface area (Å²) in [6, 6.07) is 1.80. The molecule has 2 rings (SSSR count). The number of aromatic nitrogens is 2. The molecule has 1 heterocycles. The standard InChI is InChI=1S/C12H19N3O/c1-15-7-6-11(14-15)12(16)10-5-3-2-4-9(10)8-13/h6-7,9-10H,2-5,8,13H2,1H3. The van der Waals surface area contributed by atoms with Crippen LogP contribution in [0.1, 0.15) is 36.2 Å². The second-order valence-corrected chi connectivity index (χ2v) is 4.63. The third kappa shape index (κ3) is 2.16. The van der Waals surface area contributed by atoms with Crippen LogP contribution < -0.4 is 5.73 Å². The van der Waals surface area contributed by atoms with Crippen molar-refractivity contribution < 1.29 is 4.79 Å². The summed E-state index contributed by atoms with van der Waals surface area (Å²) in [5.41, 5.74) is 6.33. The molecule has 4 heteroatoms. The van der Waals surface area contributed by atoms with Crippen LogP contribution in [-0.4, -0.2) is 22.1 Å². The molecule has 0 aliphatic heterocycles. The van der Waals surface area contributed by atoms with Crippen LogP contribution in [0.3, 0.4) is 0 Å². The lowest BCUT2D eigenvalue weighted by Crippen LogP contribution is -2.32. The van der Waals surface area contributed by atoms with Crippen molar-refractivity contribution in [1.29, 1.82) is 0 Å². The highest BCUT2D eigenvalue weighted by atomic mass is 16.1. The van der Waals surface area contributed by atoms with Gasteiger partial charge in [0.25, 0.3) is 0 Å². The minimum Gasteiger partial charge on any atom is -0.330 e. The Balaban J connectivity index is 2.13. The number of carbonyl (C=O) groups is 1. The highest BCUT2D eigenvalue weighted by Gasteiger charge is 2.31. The van der Waals surface area contributed by atoms with Crippen LogP contribution in [0.2, 0.25) is 0 Å². The zero-order valence-corrected chi connectivity index (χ0v) is 9.72. The predicted molar refractivity (Wildman–Crippen MR) is 62.0 cm³/mol. The summed E-state index contributed by atoms with van der Waals surface area (Å²) < 4.78 is 1.67. The van der Waals surface area contributed by atoms with Crippen molar-refractivity contribution in [3.63, 3.8) is 0 Å². The molecular weight excluding hydrogens is 202 g/mol. The molecule has 1 aliphatic rings. The van der Waals surface area contributed by atoms with E-state index in [1.807, 2.05) is 13.2 Å². The second kappa shape index (κ2) is 4.78. The van der Waals surface area contributed by atoms with E-state index < -0.39 is 0 Å². The highest BCUT2D eigenvalue weighted by molar-refractivity contribution is 5.96. The molecule has 16 heavy (non-hydrogen) atoms. The first-order valence-electron chi connectivity index (χ1n) is 5.96. The van der Waals surface area contributed by atoms with Crippen molar-refractivity contribution >= 4 is 5.78 Å². The topological polar surface area (TPSA) is 60.9 Å². The van der Waals surface area contributed by atoms with Gasteiger partial charge in [0.05, 0.1) is 0 Å². The largest absolute Gasteiger partial charge is 0.330 e. The number of hydrogen-bond acceptors (Lipinski definition) is 3. The molecule has 1 aromatic rings. The quantitative estimate of drug-likeness (QED) is 0.784. The third-order valence-corrected chi connectivity index (χ3v) is 3.51. The number of nitrogens with two attached hydrogens (primary N) is 1. The number of carbonyl (C=O) groups excluding carboxylic acids is 1. The minimum atomic E-state index is 0.0913. The SMILES string of the molecule is Cn1ccc(C(=O)C2CCCCC2CN)n1. The fraction of sp³-hybridized carbons (Fsp3) is 0.667. The summed E-state index contributed by atoms with van der Waals surface area (Å²) in [7, 11) is 1.83. The van der Waals surface area contributed by atoms with Gasteiger partial charge in [-0.3, -0.25) is 9.48 Å². The van der Waals surface area contributed by atoms with E-state index in [9.17, 15) is 4.79 Å². The Hall–Kier alpha value is -1.16. The predicted octanol–water partition coefficient (Wildman–Crippen LogP) is 1.37. The van der Waals surface area contributed by atoms with Crippen molar-refractivity contribution in [2.24, 2.45) is 24.6 Å². The van der Waals surface area contributed by atoms with Crippen molar-refractivity contribution in [3.8, 4) is 0 Å². The number of aryl methyl sites for hydroxylation is 1. The van der Waals surface area contributed by atoms with Crippen LogP contribution in [0, 0.1) is 11.8 Å². The molecule has 1 saturated carbocycles. The lowest BCUT2D eigenvalue weighted by Gasteiger charge is -2.28. The molecule has 2 unspecified atom stereocenters. The van der Waals surface area contributed by atoms with Crippen LogP contribution in [0.25, 0.3) is 0 Å². The smallest absolute Gasteiger partial charge is 0.186 e. The summed E-state index contributed by atoms with van der Waals surface area (Å²) in [5, 5.41) is 4.18. The van der Waals surface area contributed by atoms with E-state index in [1.54, 1.807) is 10.7 Å². The van der Waals surface area contributed by atoms with Crippen molar-refractivity contribution in [2.45, 2.75) is 25.7 Å². The molecule has 1 aromatic heterocycles. The number of hydrogen-bond donors (Lipinski definition) is 1. The maximum Gasteiger partial charge on any atom is 0.186 e. The number of Topliss-reactive ketones (excluding diaryl/α,β-unsaturated/α-hetero) is 1. The van der Waals surface area contributed by atoms with Crippen molar-refractivity contribution in [3.05, 3.63) is 18.0 Å². The fourth-order valence-electron chi connectivity index (χ4n) is 2.57. The van der Waals surface area contributed by atoms with Gasteiger partial charge in [0.1, 0.15) is 5.69 Å². The van der Waals surface area contributed by atoms with Crippen LogP contribution in [0.5, 0.6) is 0 Å². The Labute approximate surface area is 95.8 Å². The van der Waals surface area contributed by atoms with Crippen LogP contribution in [0.15, 0.2) is 12.3 Å². The van der Waals surface area contributed by atoms with E-state index in [4.69, 9.17) is 5.73 Å². The Kier molecular flexibility index (Phi) is 3.39. The molecule has 0 aromatic carbocycles. The zero-order valence-electron chi connectivity index (χ0n) is 9.72. The van der Waals surface area contributed by atoms with Crippen LogP contribution in [-0.2, 0) is 7.05 Å². The van der Waals surface area contributed by atoms with Gasteiger partial charge in [0, 0.05) is 19.2 Å². The van der Waals surface area contributed by atoms with Gasteiger partial charge < -0.3 is 5.73 Å². The molecule has 2 atom stereocenters. The van der Waals surface area contributed by atoms with E-state index in [0.29, 0.717) is 18.2 Å². The molecular formula is C12H19N3O. The molecule has 1 fully saturated rings. The average Bonchev–Trinajstić information content (AvgIpc) is 2.75. The van der Waals surface area contributed by atoms with Gasteiger partial charge in [0.15, 0.2) is 5.78 Å². The molecule has 88 valence electrons. The molecule has 0 radical (unpaired) electrons. The fourth-order valence-corrected chi connectivity index (χ4v) is 2.57. The van der Waals surface area contributed by atoms with E-state index in [0.717, 1.165) is 19.3 Å². The summed E-state index contributed by atoms with van der Waals surface area (Å²) in [4.78, 5) is 12.3. The molecule has 0 bridgehead atoms. The number of nitrogens with zero attached hydrogens (tertiary/aromatic N) is 2. The summed E-state index contributed by atoms with van der Waals surface area (Å²) in [5.74, 6) is 0.618. The van der Waals surface area contributed by atoms with Crippen LogP contribution >= 0.6 is 0 Å². The summed E-state index contributed by atoms with van der Waals surface area (Å²) in [6.45, 7) is 0.614. The Morgan fingerprint density at radius 2 is 2.31 bits per heavy atom. The van der Waals surface area contributed by atoms with Crippen LogP contribution in [0.4, 0.5) is 0 Å². The summed E-state index contributed by atoms with van der Waals surface area (Å²) >= 11 is 0. The molecule has 2 N–H and O–H groups in total. The molecule has 0 amide bonds. The average molecular weight is 221 g/mol. The molecule has 4 nitrogen and oxygen atoms in total. The van der Waals surface area contributed by atoms with Gasteiger partial charge in [-0.25, -0.2) is 0 Å². The Morgan fingerprint density at radius 3 is 2.94 bits per heavy atom. The maximum absolute atomic E-state index is 12.3. The van der Waals surface area contributed by atoms with Gasteiger partial charge in [-0.2, -0.15) is 5.10 Å². The maximum atomic E-state index is 12.3. The third-order valence-electron chi connectivity index (χ3n) is 3.51. The lowest BCUT2D eigenvalue weighted by atomic mass is 9.76. The number of ketones is 1. The zero-order chi connectivity index (χ0) is 11.5.